The number of aromatic carboxylic acids is 1. The van der Waals surface area contributed by atoms with Gasteiger partial charge in [-0.25, -0.2) is 4.79 Å². The maximum atomic E-state index is 12.2. The molecule has 0 radical (unpaired) electrons. The summed E-state index contributed by atoms with van der Waals surface area (Å²) in [6.07, 6.45) is 2.99. The van der Waals surface area contributed by atoms with Crippen molar-refractivity contribution in [3.63, 3.8) is 0 Å². The lowest BCUT2D eigenvalue weighted by Gasteiger charge is -2.14. The Morgan fingerprint density at radius 1 is 1.09 bits per heavy atom. The second-order valence-electron chi connectivity index (χ2n) is 5.86. The molecule has 1 aliphatic rings. The Balaban J connectivity index is 1.53. The van der Waals surface area contributed by atoms with Crippen molar-refractivity contribution in [2.75, 3.05) is 0 Å². The molecule has 1 atom stereocenters. The molecule has 1 aliphatic carbocycles. The number of carbonyl (C=O) groups is 2. The average Bonchev–Trinajstić information content (AvgIpc) is 2.96. The van der Waals surface area contributed by atoms with Crippen LogP contribution in [-0.2, 0) is 17.6 Å². The molecule has 118 valence electrons. The summed E-state index contributed by atoms with van der Waals surface area (Å²) < 4.78 is 0. The Bertz CT molecular complexity index is 722. The number of hydrogen-bond donors (Lipinski definition) is 2. The largest absolute Gasteiger partial charge is 0.478 e. The van der Waals surface area contributed by atoms with Crippen molar-refractivity contribution in [3.8, 4) is 0 Å². The van der Waals surface area contributed by atoms with Crippen LogP contribution in [0.15, 0.2) is 48.5 Å². The molecule has 0 spiro atoms. The number of rotatable bonds is 5. The molecule has 1 unspecified atom stereocenters. The van der Waals surface area contributed by atoms with Gasteiger partial charge >= 0.3 is 5.97 Å². The summed E-state index contributed by atoms with van der Waals surface area (Å²) in [5.41, 5.74) is 3.78. The van der Waals surface area contributed by atoms with Gasteiger partial charge in [0, 0.05) is 6.42 Å². The van der Waals surface area contributed by atoms with Crippen LogP contribution >= 0.6 is 0 Å². The fourth-order valence-electron chi connectivity index (χ4n) is 3.05. The number of nitrogens with one attached hydrogen (secondary N) is 1. The van der Waals surface area contributed by atoms with Crippen LogP contribution in [0.5, 0.6) is 0 Å². The maximum absolute atomic E-state index is 12.2. The SMILES string of the molecule is O=C(CCc1ccc(C(=O)O)cc1)NC1CCc2ccccc21. The van der Waals surface area contributed by atoms with Crippen molar-refractivity contribution in [2.45, 2.75) is 31.7 Å². The van der Waals surface area contributed by atoms with E-state index in [0.717, 1.165) is 18.4 Å². The molecule has 2 aromatic rings. The minimum absolute atomic E-state index is 0.0361. The molecule has 0 saturated heterocycles. The summed E-state index contributed by atoms with van der Waals surface area (Å²) >= 11 is 0. The molecule has 23 heavy (non-hydrogen) atoms. The number of aryl methyl sites for hydroxylation is 2. The van der Waals surface area contributed by atoms with E-state index in [-0.39, 0.29) is 17.5 Å². The van der Waals surface area contributed by atoms with Crippen molar-refractivity contribution in [2.24, 2.45) is 0 Å². The van der Waals surface area contributed by atoms with Crippen LogP contribution < -0.4 is 5.32 Å². The lowest BCUT2D eigenvalue weighted by molar-refractivity contribution is -0.121. The quantitative estimate of drug-likeness (QED) is 0.892. The summed E-state index contributed by atoms with van der Waals surface area (Å²) in [7, 11) is 0. The lowest BCUT2D eigenvalue weighted by Crippen LogP contribution is -2.27. The highest BCUT2D eigenvalue weighted by molar-refractivity contribution is 5.87. The highest BCUT2D eigenvalue weighted by Crippen LogP contribution is 2.30. The second kappa shape index (κ2) is 6.65. The summed E-state index contributed by atoms with van der Waals surface area (Å²) in [4.78, 5) is 23.0. The molecule has 0 aliphatic heterocycles. The fraction of sp³-hybridized carbons (Fsp3) is 0.263. The minimum Gasteiger partial charge on any atom is -0.478 e. The topological polar surface area (TPSA) is 66.4 Å². The van der Waals surface area contributed by atoms with E-state index >= 15 is 0 Å². The molecule has 2 aromatic carbocycles. The molecule has 0 fully saturated rings. The van der Waals surface area contributed by atoms with E-state index in [0.29, 0.717) is 12.8 Å². The first-order chi connectivity index (χ1) is 11.1. The molecule has 0 saturated carbocycles. The Morgan fingerprint density at radius 2 is 1.83 bits per heavy atom. The van der Waals surface area contributed by atoms with Crippen LogP contribution in [0, 0.1) is 0 Å². The van der Waals surface area contributed by atoms with Crippen LogP contribution in [0.2, 0.25) is 0 Å². The third-order valence-electron chi connectivity index (χ3n) is 4.31. The Morgan fingerprint density at radius 3 is 2.57 bits per heavy atom. The molecule has 0 aromatic heterocycles. The summed E-state index contributed by atoms with van der Waals surface area (Å²) in [6.45, 7) is 0. The number of hydrogen-bond acceptors (Lipinski definition) is 2. The van der Waals surface area contributed by atoms with Gasteiger partial charge in [-0.3, -0.25) is 4.79 Å². The predicted octanol–water partition coefficient (Wildman–Crippen LogP) is 3.12. The first-order valence-corrected chi connectivity index (χ1v) is 7.83. The summed E-state index contributed by atoms with van der Waals surface area (Å²) in [5, 5.41) is 12.0. The zero-order valence-corrected chi connectivity index (χ0v) is 12.8. The third kappa shape index (κ3) is 3.59. The van der Waals surface area contributed by atoms with Gasteiger partial charge in [-0.1, -0.05) is 36.4 Å². The Labute approximate surface area is 135 Å². The number of fused-ring (bicyclic) bond motifs is 1. The Kier molecular flexibility index (Phi) is 4.42. The molecule has 0 heterocycles. The second-order valence-corrected chi connectivity index (χ2v) is 5.86. The number of carboxylic acid groups (broad SMARTS) is 1. The van der Waals surface area contributed by atoms with E-state index in [1.54, 1.807) is 24.3 Å². The van der Waals surface area contributed by atoms with Crippen molar-refractivity contribution < 1.29 is 14.7 Å². The minimum atomic E-state index is -0.936. The van der Waals surface area contributed by atoms with Crippen molar-refractivity contribution in [1.29, 1.82) is 0 Å². The Hall–Kier alpha value is -2.62. The molecule has 0 bridgehead atoms. The maximum Gasteiger partial charge on any atom is 0.335 e. The molecule has 4 heteroatoms. The van der Waals surface area contributed by atoms with Gasteiger partial charge in [-0.15, -0.1) is 0 Å². The standard InChI is InChI=1S/C19H19NO3/c21-18(12-7-13-5-8-15(9-6-13)19(22)23)20-17-11-10-14-3-1-2-4-16(14)17/h1-6,8-9,17H,7,10-12H2,(H,20,21)(H,22,23). The van der Waals surface area contributed by atoms with Crippen LogP contribution in [-0.4, -0.2) is 17.0 Å². The van der Waals surface area contributed by atoms with E-state index in [2.05, 4.69) is 17.4 Å². The van der Waals surface area contributed by atoms with Crippen LogP contribution in [0.4, 0.5) is 0 Å². The van der Waals surface area contributed by atoms with Gasteiger partial charge in [0.25, 0.3) is 0 Å². The van der Waals surface area contributed by atoms with E-state index in [1.807, 2.05) is 12.1 Å². The van der Waals surface area contributed by atoms with Gasteiger partial charge in [-0.05, 0) is 48.1 Å². The molecule has 4 nitrogen and oxygen atoms in total. The number of carboxylic acids is 1. The van der Waals surface area contributed by atoms with Gasteiger partial charge in [0.05, 0.1) is 11.6 Å². The smallest absolute Gasteiger partial charge is 0.335 e. The molecular weight excluding hydrogens is 290 g/mol. The lowest BCUT2D eigenvalue weighted by atomic mass is 10.1. The highest BCUT2D eigenvalue weighted by Gasteiger charge is 2.23. The van der Waals surface area contributed by atoms with E-state index in [9.17, 15) is 9.59 Å². The van der Waals surface area contributed by atoms with Crippen molar-refractivity contribution >= 4 is 11.9 Å². The highest BCUT2D eigenvalue weighted by atomic mass is 16.4. The number of carbonyl (C=O) groups excluding carboxylic acids is 1. The average molecular weight is 309 g/mol. The van der Waals surface area contributed by atoms with Gasteiger partial charge in [0.15, 0.2) is 0 Å². The van der Waals surface area contributed by atoms with E-state index < -0.39 is 5.97 Å². The van der Waals surface area contributed by atoms with Gasteiger partial charge < -0.3 is 10.4 Å². The molecular formula is C19H19NO3. The predicted molar refractivity (Wildman–Crippen MR) is 87.4 cm³/mol. The van der Waals surface area contributed by atoms with Gasteiger partial charge in [-0.2, -0.15) is 0 Å². The van der Waals surface area contributed by atoms with Crippen molar-refractivity contribution in [3.05, 3.63) is 70.8 Å². The zero-order chi connectivity index (χ0) is 16.2. The molecule has 1 amide bonds. The normalized spacial score (nSPS) is 15.9. The first-order valence-electron chi connectivity index (χ1n) is 7.83. The number of amides is 1. The van der Waals surface area contributed by atoms with E-state index in [1.165, 1.54) is 11.1 Å². The summed E-state index contributed by atoms with van der Waals surface area (Å²) in [6, 6.07) is 15.0. The molecule has 3 rings (SSSR count). The van der Waals surface area contributed by atoms with E-state index in [4.69, 9.17) is 5.11 Å². The summed E-state index contributed by atoms with van der Waals surface area (Å²) in [5.74, 6) is -0.900. The van der Waals surface area contributed by atoms with Gasteiger partial charge in [0.1, 0.15) is 0 Å². The molecule has 2 N–H and O–H groups in total. The third-order valence-corrected chi connectivity index (χ3v) is 4.31. The first kappa shape index (κ1) is 15.3. The monoisotopic (exact) mass is 309 g/mol. The van der Waals surface area contributed by atoms with Crippen molar-refractivity contribution in [1.82, 2.24) is 5.32 Å². The zero-order valence-electron chi connectivity index (χ0n) is 12.8. The number of benzene rings is 2. The van der Waals surface area contributed by atoms with Gasteiger partial charge in [0.2, 0.25) is 5.91 Å². The van der Waals surface area contributed by atoms with Crippen LogP contribution in [0.25, 0.3) is 0 Å². The van der Waals surface area contributed by atoms with Crippen LogP contribution in [0.3, 0.4) is 0 Å². The fourth-order valence-corrected chi connectivity index (χ4v) is 3.05. The van der Waals surface area contributed by atoms with Crippen LogP contribution in [0.1, 0.15) is 45.9 Å².